The van der Waals surface area contributed by atoms with Crippen molar-refractivity contribution in [3.8, 4) is 6.07 Å². The van der Waals surface area contributed by atoms with Gasteiger partial charge in [0.1, 0.15) is 11.1 Å². The zero-order valence-corrected chi connectivity index (χ0v) is 14.6. The molecular formula is C21H22N2O. The predicted octanol–water partition coefficient (Wildman–Crippen LogP) is 4.48. The van der Waals surface area contributed by atoms with Crippen LogP contribution in [0.15, 0.2) is 65.7 Å². The quantitative estimate of drug-likeness (QED) is 0.837. The highest BCUT2D eigenvalue weighted by Crippen LogP contribution is 2.50. The summed E-state index contributed by atoms with van der Waals surface area (Å²) in [6.45, 7) is 7.66. The monoisotopic (exact) mass is 318 g/mol. The third-order valence-corrected chi connectivity index (χ3v) is 4.34. The van der Waals surface area contributed by atoms with Gasteiger partial charge in [0, 0.05) is 0 Å². The highest BCUT2D eigenvalue weighted by molar-refractivity contribution is 6.07. The lowest BCUT2D eigenvalue weighted by molar-refractivity contribution is -0.114. The number of nitriles is 1. The molecule has 122 valence electrons. The second kappa shape index (κ2) is 5.58. The summed E-state index contributed by atoms with van der Waals surface area (Å²) >= 11 is 0. The van der Waals surface area contributed by atoms with E-state index in [0.29, 0.717) is 0 Å². The van der Waals surface area contributed by atoms with Gasteiger partial charge in [-0.2, -0.15) is 5.26 Å². The van der Waals surface area contributed by atoms with Gasteiger partial charge in [-0.25, -0.2) is 0 Å². The number of nitrogens with zero attached hydrogens (tertiary/aromatic N) is 2. The summed E-state index contributed by atoms with van der Waals surface area (Å²) in [7, 11) is 0. The van der Waals surface area contributed by atoms with Gasteiger partial charge in [-0.15, -0.1) is 0 Å². The fourth-order valence-corrected chi connectivity index (χ4v) is 3.28. The lowest BCUT2D eigenvalue weighted by Crippen LogP contribution is -2.66. The number of hydrogen-bond donors (Lipinski definition) is 0. The molecule has 0 spiro atoms. The number of benzene rings is 2. The molecule has 3 nitrogen and oxygen atoms in total. The molecule has 0 amide bonds. The van der Waals surface area contributed by atoms with Crippen LogP contribution in [0, 0.1) is 11.3 Å². The first-order chi connectivity index (χ1) is 11.3. The summed E-state index contributed by atoms with van der Waals surface area (Å²) in [6.07, 6.45) is 0. The smallest absolute Gasteiger partial charge is 0.160 e. The SMILES string of the molecule is CC(C)(C#N)N=C1C(C)(C)OC1(c1ccccc1)c1ccccc1. The highest BCUT2D eigenvalue weighted by atomic mass is 16.6. The average molecular weight is 318 g/mol. The average Bonchev–Trinajstić information content (AvgIpc) is 2.59. The van der Waals surface area contributed by atoms with Crippen molar-refractivity contribution in [3.05, 3.63) is 71.8 Å². The first kappa shape index (κ1) is 16.4. The minimum absolute atomic E-state index is 0.514. The Morgan fingerprint density at radius 3 is 1.75 bits per heavy atom. The van der Waals surface area contributed by atoms with Gasteiger partial charge in [-0.3, -0.25) is 4.99 Å². The van der Waals surface area contributed by atoms with Crippen LogP contribution in [0.4, 0.5) is 0 Å². The minimum Gasteiger partial charge on any atom is -0.347 e. The Labute approximate surface area is 143 Å². The van der Waals surface area contributed by atoms with Gasteiger partial charge in [-0.1, -0.05) is 60.7 Å². The Hall–Kier alpha value is -2.44. The van der Waals surface area contributed by atoms with E-state index in [9.17, 15) is 5.26 Å². The molecule has 0 N–H and O–H groups in total. The van der Waals surface area contributed by atoms with Gasteiger partial charge in [0.15, 0.2) is 5.60 Å². The standard InChI is InChI=1S/C21H22N2O/c1-19(2,15-22)23-18-20(3,4)24-21(18,16-11-7-5-8-12-16)17-13-9-6-10-14-17/h5-14H,1-4H3. The van der Waals surface area contributed by atoms with Crippen molar-refractivity contribution < 1.29 is 4.74 Å². The first-order valence-electron chi connectivity index (χ1n) is 8.15. The molecule has 0 saturated carbocycles. The maximum absolute atomic E-state index is 9.45. The van der Waals surface area contributed by atoms with Crippen LogP contribution in [0.1, 0.15) is 38.8 Å². The number of hydrogen-bond acceptors (Lipinski definition) is 3. The van der Waals surface area contributed by atoms with Gasteiger partial charge < -0.3 is 4.74 Å². The second-order valence-electron chi connectivity index (χ2n) is 7.16. The zero-order chi connectivity index (χ0) is 17.4. The van der Waals surface area contributed by atoms with Crippen LogP contribution in [0.25, 0.3) is 0 Å². The summed E-state index contributed by atoms with van der Waals surface area (Å²) in [6, 6.07) is 22.5. The maximum Gasteiger partial charge on any atom is 0.160 e. The van der Waals surface area contributed by atoms with E-state index >= 15 is 0 Å². The predicted molar refractivity (Wildman–Crippen MR) is 96.0 cm³/mol. The molecule has 1 heterocycles. The van der Waals surface area contributed by atoms with E-state index in [-0.39, 0.29) is 0 Å². The zero-order valence-electron chi connectivity index (χ0n) is 14.6. The number of ether oxygens (including phenoxy) is 1. The van der Waals surface area contributed by atoms with E-state index < -0.39 is 16.7 Å². The largest absolute Gasteiger partial charge is 0.347 e. The van der Waals surface area contributed by atoms with Crippen molar-refractivity contribution in [1.29, 1.82) is 5.26 Å². The highest BCUT2D eigenvalue weighted by Gasteiger charge is 2.60. The fraction of sp³-hybridized carbons (Fsp3) is 0.333. The Kier molecular flexibility index (Phi) is 3.81. The summed E-state index contributed by atoms with van der Waals surface area (Å²) in [5, 5.41) is 9.45. The van der Waals surface area contributed by atoms with Crippen molar-refractivity contribution in [1.82, 2.24) is 0 Å². The normalized spacial score (nSPS) is 20.2. The first-order valence-corrected chi connectivity index (χ1v) is 8.15. The molecule has 3 heteroatoms. The van der Waals surface area contributed by atoms with Gasteiger partial charge >= 0.3 is 0 Å². The van der Waals surface area contributed by atoms with Gasteiger partial charge in [0.25, 0.3) is 0 Å². The third kappa shape index (κ3) is 2.53. The molecule has 1 fully saturated rings. The second-order valence-corrected chi connectivity index (χ2v) is 7.16. The summed E-state index contributed by atoms with van der Waals surface area (Å²) in [5.74, 6) is 0. The van der Waals surface area contributed by atoms with E-state index in [0.717, 1.165) is 16.8 Å². The number of aliphatic imine (C=N–C) groups is 1. The lowest BCUT2D eigenvalue weighted by Gasteiger charge is -2.55. The van der Waals surface area contributed by atoms with Crippen LogP contribution in [0.3, 0.4) is 0 Å². The molecule has 0 atom stereocenters. The summed E-state index contributed by atoms with van der Waals surface area (Å²) in [5.41, 5.74) is 0.899. The van der Waals surface area contributed by atoms with Crippen LogP contribution < -0.4 is 0 Å². The molecule has 1 aliphatic rings. The van der Waals surface area contributed by atoms with Crippen molar-refractivity contribution in [2.75, 3.05) is 0 Å². The molecule has 0 aromatic heterocycles. The van der Waals surface area contributed by atoms with Crippen LogP contribution in [-0.2, 0) is 10.3 Å². The van der Waals surface area contributed by atoms with E-state index in [1.165, 1.54) is 0 Å². The molecule has 1 saturated heterocycles. The van der Waals surface area contributed by atoms with Gasteiger partial charge in [0.2, 0.25) is 0 Å². The Morgan fingerprint density at radius 2 is 1.38 bits per heavy atom. The third-order valence-electron chi connectivity index (χ3n) is 4.34. The Bertz CT molecular complexity index is 759. The Balaban J connectivity index is 2.26. The van der Waals surface area contributed by atoms with Crippen molar-refractivity contribution in [2.24, 2.45) is 4.99 Å². The van der Waals surface area contributed by atoms with Crippen LogP contribution in [0.5, 0.6) is 0 Å². The number of rotatable bonds is 3. The van der Waals surface area contributed by atoms with Crippen molar-refractivity contribution >= 4 is 5.71 Å². The molecule has 1 aliphatic heterocycles. The molecule has 24 heavy (non-hydrogen) atoms. The van der Waals surface area contributed by atoms with E-state index in [1.807, 2.05) is 64.1 Å². The molecule has 3 rings (SSSR count). The molecule has 2 aromatic carbocycles. The molecule has 0 bridgehead atoms. The summed E-state index contributed by atoms with van der Waals surface area (Å²) < 4.78 is 6.45. The van der Waals surface area contributed by atoms with Crippen LogP contribution in [0.2, 0.25) is 0 Å². The van der Waals surface area contributed by atoms with Crippen LogP contribution in [-0.4, -0.2) is 16.9 Å². The van der Waals surface area contributed by atoms with Crippen LogP contribution >= 0.6 is 0 Å². The van der Waals surface area contributed by atoms with E-state index in [4.69, 9.17) is 9.73 Å². The fourth-order valence-electron chi connectivity index (χ4n) is 3.28. The topological polar surface area (TPSA) is 45.4 Å². The molecule has 0 aliphatic carbocycles. The van der Waals surface area contributed by atoms with Crippen molar-refractivity contribution in [2.45, 2.75) is 44.4 Å². The summed E-state index contributed by atoms with van der Waals surface area (Å²) in [4.78, 5) is 4.82. The molecular weight excluding hydrogens is 296 g/mol. The Morgan fingerprint density at radius 1 is 0.917 bits per heavy atom. The van der Waals surface area contributed by atoms with E-state index in [2.05, 4.69) is 30.3 Å². The van der Waals surface area contributed by atoms with E-state index in [1.54, 1.807) is 0 Å². The van der Waals surface area contributed by atoms with Gasteiger partial charge in [-0.05, 0) is 38.8 Å². The lowest BCUT2D eigenvalue weighted by atomic mass is 9.70. The maximum atomic E-state index is 9.45. The molecule has 0 radical (unpaired) electrons. The molecule has 2 aromatic rings. The minimum atomic E-state index is -0.800. The molecule has 0 unspecified atom stereocenters. The van der Waals surface area contributed by atoms with Crippen molar-refractivity contribution in [3.63, 3.8) is 0 Å². The van der Waals surface area contributed by atoms with Gasteiger partial charge in [0.05, 0.1) is 11.8 Å².